The van der Waals surface area contributed by atoms with Crippen LogP contribution in [0.4, 0.5) is 15.2 Å². The van der Waals surface area contributed by atoms with Gasteiger partial charge in [-0.15, -0.1) is 11.3 Å². The van der Waals surface area contributed by atoms with Crippen LogP contribution in [0.15, 0.2) is 24.3 Å². The number of benzene rings is 1. The number of amides is 2. The molecule has 0 unspecified atom stereocenters. The number of anilines is 2. The number of aryl methyl sites for hydroxylation is 2. The SMILES string of the molecule is O=C(Nc1nc2c(s1)CCCC2)[C@H]1CC(=O)N(c2ccccc2F)C1. The zero-order valence-electron chi connectivity index (χ0n) is 13.6. The van der Waals surface area contributed by atoms with Gasteiger partial charge in [0, 0.05) is 17.8 Å². The van der Waals surface area contributed by atoms with Crippen molar-refractivity contribution in [1.82, 2.24) is 4.98 Å². The Bertz CT molecular complexity index is 812. The van der Waals surface area contributed by atoms with Gasteiger partial charge < -0.3 is 10.2 Å². The maximum Gasteiger partial charge on any atom is 0.231 e. The van der Waals surface area contributed by atoms with E-state index in [4.69, 9.17) is 0 Å². The first-order valence-corrected chi connectivity index (χ1v) is 9.28. The van der Waals surface area contributed by atoms with E-state index in [1.54, 1.807) is 18.2 Å². The van der Waals surface area contributed by atoms with E-state index in [-0.39, 0.29) is 30.5 Å². The summed E-state index contributed by atoms with van der Waals surface area (Å²) in [5.74, 6) is -1.40. The number of carbonyl (C=O) groups is 2. The number of halogens is 1. The third-order valence-corrected chi connectivity index (χ3v) is 5.79. The van der Waals surface area contributed by atoms with Crippen LogP contribution >= 0.6 is 11.3 Å². The Morgan fingerprint density at radius 1 is 1.28 bits per heavy atom. The fraction of sp³-hybridized carbons (Fsp3) is 0.389. The Kier molecular flexibility index (Phi) is 4.25. The first-order valence-electron chi connectivity index (χ1n) is 8.46. The van der Waals surface area contributed by atoms with Crippen molar-refractivity contribution in [3.63, 3.8) is 0 Å². The van der Waals surface area contributed by atoms with Crippen LogP contribution in [0.25, 0.3) is 0 Å². The molecule has 1 saturated heterocycles. The molecular weight excluding hydrogens is 341 g/mol. The van der Waals surface area contributed by atoms with E-state index >= 15 is 0 Å². The van der Waals surface area contributed by atoms with E-state index in [2.05, 4.69) is 10.3 Å². The monoisotopic (exact) mass is 359 g/mol. The van der Waals surface area contributed by atoms with Crippen molar-refractivity contribution in [1.29, 1.82) is 0 Å². The molecule has 0 radical (unpaired) electrons. The minimum Gasteiger partial charge on any atom is -0.309 e. The van der Waals surface area contributed by atoms with Crippen LogP contribution in [0.5, 0.6) is 0 Å². The summed E-state index contributed by atoms with van der Waals surface area (Å²) in [4.78, 5) is 31.8. The smallest absolute Gasteiger partial charge is 0.231 e. The second-order valence-corrected chi connectivity index (χ2v) is 7.53. The fourth-order valence-corrected chi connectivity index (χ4v) is 4.45. The van der Waals surface area contributed by atoms with E-state index in [9.17, 15) is 14.0 Å². The summed E-state index contributed by atoms with van der Waals surface area (Å²) >= 11 is 1.52. The number of nitrogens with zero attached hydrogens (tertiary/aromatic N) is 2. The second-order valence-electron chi connectivity index (χ2n) is 6.44. The number of rotatable bonds is 3. The van der Waals surface area contributed by atoms with Gasteiger partial charge in [0.2, 0.25) is 11.8 Å². The molecule has 25 heavy (non-hydrogen) atoms. The van der Waals surface area contributed by atoms with Gasteiger partial charge in [-0.2, -0.15) is 0 Å². The number of aromatic nitrogens is 1. The van der Waals surface area contributed by atoms with E-state index in [1.807, 2.05) is 0 Å². The average Bonchev–Trinajstić information content (AvgIpc) is 3.18. The molecule has 7 heteroatoms. The molecule has 1 aliphatic heterocycles. The number of hydrogen-bond acceptors (Lipinski definition) is 4. The van der Waals surface area contributed by atoms with Crippen molar-refractivity contribution >= 4 is 34.0 Å². The third-order valence-electron chi connectivity index (χ3n) is 4.71. The summed E-state index contributed by atoms with van der Waals surface area (Å²) in [6.45, 7) is 0.191. The Morgan fingerprint density at radius 3 is 2.88 bits per heavy atom. The third kappa shape index (κ3) is 3.16. The van der Waals surface area contributed by atoms with Gasteiger partial charge >= 0.3 is 0 Å². The first-order chi connectivity index (χ1) is 12.1. The van der Waals surface area contributed by atoms with Crippen molar-refractivity contribution in [2.75, 3.05) is 16.8 Å². The van der Waals surface area contributed by atoms with Crippen molar-refractivity contribution in [3.05, 3.63) is 40.7 Å². The Labute approximate surface area is 148 Å². The number of carbonyl (C=O) groups excluding carboxylic acids is 2. The molecule has 130 valence electrons. The summed E-state index contributed by atoms with van der Waals surface area (Å²) in [6.07, 6.45) is 4.37. The lowest BCUT2D eigenvalue weighted by Crippen LogP contribution is -2.28. The molecule has 4 rings (SSSR count). The molecule has 0 spiro atoms. The molecule has 0 saturated carbocycles. The van der Waals surface area contributed by atoms with Crippen molar-refractivity contribution in [2.45, 2.75) is 32.1 Å². The van der Waals surface area contributed by atoms with Crippen LogP contribution in [0, 0.1) is 11.7 Å². The lowest BCUT2D eigenvalue weighted by molar-refractivity contribution is -0.122. The molecule has 2 aliphatic rings. The lowest BCUT2D eigenvalue weighted by atomic mass is 10.0. The summed E-state index contributed by atoms with van der Waals surface area (Å²) < 4.78 is 13.9. The quantitative estimate of drug-likeness (QED) is 0.916. The van der Waals surface area contributed by atoms with Crippen LogP contribution in [-0.2, 0) is 22.4 Å². The first kappa shape index (κ1) is 16.2. The summed E-state index contributed by atoms with van der Waals surface area (Å²) in [7, 11) is 0. The molecule has 1 aromatic carbocycles. The highest BCUT2D eigenvalue weighted by Gasteiger charge is 2.36. The van der Waals surface area contributed by atoms with Gasteiger partial charge in [0.1, 0.15) is 5.82 Å². The zero-order chi connectivity index (χ0) is 17.4. The molecule has 2 amide bonds. The number of thiazole rings is 1. The van der Waals surface area contributed by atoms with Gasteiger partial charge in [0.05, 0.1) is 17.3 Å². The molecule has 0 bridgehead atoms. The summed E-state index contributed by atoms with van der Waals surface area (Å²) in [5.41, 5.74) is 1.31. The Hall–Kier alpha value is -2.28. The number of fused-ring (bicyclic) bond motifs is 1. The van der Waals surface area contributed by atoms with E-state index in [0.717, 1.165) is 31.4 Å². The molecule has 1 N–H and O–H groups in total. The highest BCUT2D eigenvalue weighted by Crippen LogP contribution is 2.31. The van der Waals surface area contributed by atoms with Gasteiger partial charge in [-0.3, -0.25) is 9.59 Å². The number of hydrogen-bond donors (Lipinski definition) is 1. The molecule has 1 aromatic heterocycles. The van der Waals surface area contributed by atoms with Gasteiger partial charge in [-0.1, -0.05) is 12.1 Å². The molecule has 1 atom stereocenters. The predicted molar refractivity (Wildman–Crippen MR) is 94.2 cm³/mol. The summed E-state index contributed by atoms with van der Waals surface area (Å²) in [5, 5.41) is 3.45. The molecular formula is C18H18FN3O2S. The van der Waals surface area contributed by atoms with Gasteiger partial charge in [-0.05, 0) is 37.8 Å². The van der Waals surface area contributed by atoms with E-state index in [1.165, 1.54) is 27.2 Å². The largest absolute Gasteiger partial charge is 0.309 e. The fourth-order valence-electron chi connectivity index (χ4n) is 3.40. The van der Waals surface area contributed by atoms with Crippen molar-refractivity contribution < 1.29 is 14.0 Å². The normalized spacial score (nSPS) is 19.8. The molecule has 5 nitrogen and oxygen atoms in total. The van der Waals surface area contributed by atoms with Crippen LogP contribution in [0.2, 0.25) is 0 Å². The highest BCUT2D eigenvalue weighted by molar-refractivity contribution is 7.15. The lowest BCUT2D eigenvalue weighted by Gasteiger charge is -2.17. The Balaban J connectivity index is 1.46. The standard InChI is InChI=1S/C18H18FN3O2S/c19-12-5-1-3-7-14(12)22-10-11(9-16(22)23)17(24)21-18-20-13-6-2-4-8-15(13)25-18/h1,3,5,7,11H,2,4,6,8-10H2,(H,20,21,24)/t11-/m0/s1. The van der Waals surface area contributed by atoms with E-state index < -0.39 is 11.7 Å². The van der Waals surface area contributed by atoms with Crippen molar-refractivity contribution in [2.24, 2.45) is 5.92 Å². The average molecular weight is 359 g/mol. The van der Waals surface area contributed by atoms with Gasteiger partial charge in [0.25, 0.3) is 0 Å². The number of nitrogens with one attached hydrogen (secondary N) is 1. The maximum absolute atomic E-state index is 13.9. The predicted octanol–water partition coefficient (Wildman–Crippen LogP) is 3.15. The zero-order valence-corrected chi connectivity index (χ0v) is 14.4. The topological polar surface area (TPSA) is 62.3 Å². The number of para-hydroxylation sites is 1. The summed E-state index contributed by atoms with van der Waals surface area (Å²) in [6, 6.07) is 6.13. The van der Waals surface area contributed by atoms with Gasteiger partial charge in [-0.25, -0.2) is 9.37 Å². The van der Waals surface area contributed by atoms with Crippen molar-refractivity contribution in [3.8, 4) is 0 Å². The minimum atomic E-state index is -0.493. The highest BCUT2D eigenvalue weighted by atomic mass is 32.1. The molecule has 2 heterocycles. The van der Waals surface area contributed by atoms with E-state index in [0.29, 0.717) is 5.13 Å². The van der Waals surface area contributed by atoms with Gasteiger partial charge in [0.15, 0.2) is 5.13 Å². The van der Waals surface area contributed by atoms with Crippen LogP contribution in [0.1, 0.15) is 29.8 Å². The van der Waals surface area contributed by atoms with Crippen LogP contribution in [0.3, 0.4) is 0 Å². The van der Waals surface area contributed by atoms with Crippen LogP contribution < -0.4 is 10.2 Å². The van der Waals surface area contributed by atoms with Crippen LogP contribution in [-0.4, -0.2) is 23.3 Å². The Morgan fingerprint density at radius 2 is 2.08 bits per heavy atom. The molecule has 1 fully saturated rings. The maximum atomic E-state index is 13.9. The molecule has 2 aromatic rings. The molecule has 1 aliphatic carbocycles. The second kappa shape index (κ2) is 6.55. The minimum absolute atomic E-state index is 0.0885.